The second kappa shape index (κ2) is 11.0. The maximum absolute atomic E-state index is 13.5. The Hall–Kier alpha value is -3.64. The zero-order valence-corrected chi connectivity index (χ0v) is 20.4. The van der Waals surface area contributed by atoms with Gasteiger partial charge in [-0.2, -0.15) is 0 Å². The lowest BCUT2D eigenvalue weighted by Gasteiger charge is -2.17. The Morgan fingerprint density at radius 3 is 1.97 bits per heavy atom. The van der Waals surface area contributed by atoms with Crippen molar-refractivity contribution in [1.82, 2.24) is 4.98 Å². The zero-order valence-electron chi connectivity index (χ0n) is 19.6. The van der Waals surface area contributed by atoms with Gasteiger partial charge in [0.1, 0.15) is 11.5 Å². The van der Waals surface area contributed by atoms with E-state index in [1.54, 1.807) is 14.2 Å². The molecule has 0 aliphatic rings. The van der Waals surface area contributed by atoms with Crippen molar-refractivity contribution in [3.05, 3.63) is 94.9 Å². The van der Waals surface area contributed by atoms with Crippen molar-refractivity contribution in [3.8, 4) is 22.8 Å². The highest BCUT2D eigenvalue weighted by atomic mass is 32.1. The van der Waals surface area contributed by atoms with E-state index >= 15 is 0 Å². The summed E-state index contributed by atoms with van der Waals surface area (Å²) in [6.07, 6.45) is 1.84. The summed E-state index contributed by atoms with van der Waals surface area (Å²) >= 11 is 1.52. The fourth-order valence-electron chi connectivity index (χ4n) is 3.94. The molecule has 0 saturated heterocycles. The van der Waals surface area contributed by atoms with E-state index in [9.17, 15) is 4.79 Å². The molecule has 0 spiro atoms. The molecule has 0 saturated carbocycles. The van der Waals surface area contributed by atoms with E-state index < -0.39 is 5.92 Å². The molecule has 0 unspecified atom stereocenters. The first kappa shape index (κ1) is 23.5. The standard InChI is InChI=1S/C28H28N2O3S/c1-4-11-24-26(21-16-22(32-2)18-23(17-21)33-3)29-28(34-24)30-27(31)25(19-12-7-5-8-13-19)20-14-9-6-10-15-20/h5-10,12-18,25H,4,11H2,1-3H3,(H,29,30,31). The number of thiazole rings is 1. The number of ether oxygens (including phenoxy) is 2. The van der Waals surface area contributed by atoms with Crippen LogP contribution in [0, 0.1) is 0 Å². The SMILES string of the molecule is CCCc1sc(NC(=O)C(c2ccccc2)c2ccccc2)nc1-c1cc(OC)cc(OC)c1. The molecule has 3 aromatic carbocycles. The Kier molecular flexibility index (Phi) is 7.60. The quantitative estimate of drug-likeness (QED) is 0.300. The van der Waals surface area contributed by atoms with Crippen LogP contribution in [0.2, 0.25) is 0 Å². The predicted octanol–water partition coefficient (Wildman–Crippen LogP) is 6.55. The molecule has 0 radical (unpaired) electrons. The van der Waals surface area contributed by atoms with Gasteiger partial charge in [0.25, 0.3) is 0 Å². The summed E-state index contributed by atoms with van der Waals surface area (Å²) in [7, 11) is 3.26. The number of amides is 1. The van der Waals surface area contributed by atoms with Gasteiger partial charge in [0.2, 0.25) is 5.91 Å². The van der Waals surface area contributed by atoms with Crippen LogP contribution in [0.3, 0.4) is 0 Å². The molecule has 1 amide bonds. The van der Waals surface area contributed by atoms with E-state index in [1.165, 1.54) is 11.3 Å². The third kappa shape index (κ3) is 5.29. The molecule has 1 heterocycles. The highest BCUT2D eigenvalue weighted by molar-refractivity contribution is 7.16. The normalized spacial score (nSPS) is 10.8. The van der Waals surface area contributed by atoms with Crippen LogP contribution >= 0.6 is 11.3 Å². The molecule has 0 bridgehead atoms. The molecule has 34 heavy (non-hydrogen) atoms. The summed E-state index contributed by atoms with van der Waals surface area (Å²) in [5, 5.41) is 3.68. The molecular formula is C28H28N2O3S. The Labute approximate surface area is 204 Å². The molecule has 0 aliphatic carbocycles. The average molecular weight is 473 g/mol. The number of aromatic nitrogens is 1. The molecule has 174 valence electrons. The summed E-state index contributed by atoms with van der Waals surface area (Å²) < 4.78 is 10.9. The molecule has 0 fully saturated rings. The van der Waals surface area contributed by atoms with Gasteiger partial charge < -0.3 is 14.8 Å². The Morgan fingerprint density at radius 1 is 0.912 bits per heavy atom. The van der Waals surface area contributed by atoms with Crippen molar-refractivity contribution >= 4 is 22.4 Å². The third-order valence-electron chi connectivity index (χ3n) is 5.56. The smallest absolute Gasteiger partial charge is 0.238 e. The van der Waals surface area contributed by atoms with E-state index in [4.69, 9.17) is 14.5 Å². The second-order valence-electron chi connectivity index (χ2n) is 7.89. The summed E-state index contributed by atoms with van der Waals surface area (Å²) in [4.78, 5) is 19.5. The minimum Gasteiger partial charge on any atom is -0.497 e. The van der Waals surface area contributed by atoms with E-state index in [1.807, 2.05) is 78.9 Å². The second-order valence-corrected chi connectivity index (χ2v) is 8.97. The van der Waals surface area contributed by atoms with Crippen molar-refractivity contribution in [2.45, 2.75) is 25.7 Å². The molecule has 4 rings (SSSR count). The Balaban J connectivity index is 1.69. The average Bonchev–Trinajstić information content (AvgIpc) is 3.27. The number of anilines is 1. The summed E-state index contributed by atoms with van der Waals surface area (Å²) in [5.41, 5.74) is 3.62. The van der Waals surface area contributed by atoms with E-state index in [0.717, 1.165) is 40.1 Å². The van der Waals surface area contributed by atoms with Gasteiger partial charge in [-0.3, -0.25) is 4.79 Å². The van der Waals surface area contributed by atoms with Gasteiger partial charge in [0.05, 0.1) is 25.8 Å². The zero-order chi connectivity index (χ0) is 23.9. The number of hydrogen-bond donors (Lipinski definition) is 1. The van der Waals surface area contributed by atoms with Gasteiger partial charge in [0.15, 0.2) is 5.13 Å². The van der Waals surface area contributed by atoms with Gasteiger partial charge in [-0.15, -0.1) is 11.3 Å². The summed E-state index contributed by atoms with van der Waals surface area (Å²) in [5.74, 6) is 0.859. The lowest BCUT2D eigenvalue weighted by Crippen LogP contribution is -2.22. The van der Waals surface area contributed by atoms with Crippen LogP contribution in [0.15, 0.2) is 78.9 Å². The van der Waals surface area contributed by atoms with Crippen molar-refractivity contribution in [3.63, 3.8) is 0 Å². The molecule has 1 N–H and O–H groups in total. The number of benzene rings is 3. The molecule has 4 aromatic rings. The molecule has 6 heteroatoms. The largest absolute Gasteiger partial charge is 0.497 e. The van der Waals surface area contributed by atoms with Crippen LogP contribution in [0.5, 0.6) is 11.5 Å². The number of aryl methyl sites for hydroxylation is 1. The Bertz CT molecular complexity index is 1180. The monoisotopic (exact) mass is 472 g/mol. The summed E-state index contributed by atoms with van der Waals surface area (Å²) in [6.45, 7) is 2.13. The molecule has 1 aromatic heterocycles. The maximum atomic E-state index is 13.5. The van der Waals surface area contributed by atoms with Gasteiger partial charge in [-0.05, 0) is 29.7 Å². The van der Waals surface area contributed by atoms with Crippen LogP contribution in [-0.4, -0.2) is 25.1 Å². The van der Waals surface area contributed by atoms with Crippen molar-refractivity contribution < 1.29 is 14.3 Å². The van der Waals surface area contributed by atoms with Crippen LogP contribution in [0.25, 0.3) is 11.3 Å². The lowest BCUT2D eigenvalue weighted by atomic mass is 9.90. The summed E-state index contributed by atoms with van der Waals surface area (Å²) in [6, 6.07) is 25.4. The number of hydrogen-bond acceptors (Lipinski definition) is 5. The fraction of sp³-hybridized carbons (Fsp3) is 0.214. The molecule has 5 nitrogen and oxygen atoms in total. The number of rotatable bonds is 9. The topological polar surface area (TPSA) is 60.5 Å². The Morgan fingerprint density at radius 2 is 1.47 bits per heavy atom. The third-order valence-corrected chi connectivity index (χ3v) is 6.59. The fourth-order valence-corrected chi connectivity index (χ4v) is 5.02. The minimum atomic E-state index is -0.429. The maximum Gasteiger partial charge on any atom is 0.238 e. The van der Waals surface area contributed by atoms with Gasteiger partial charge in [0, 0.05) is 16.5 Å². The lowest BCUT2D eigenvalue weighted by molar-refractivity contribution is -0.116. The number of carbonyl (C=O) groups excluding carboxylic acids is 1. The van der Waals surface area contributed by atoms with Gasteiger partial charge in [-0.25, -0.2) is 4.98 Å². The highest BCUT2D eigenvalue weighted by Gasteiger charge is 2.24. The number of nitrogens with one attached hydrogen (secondary N) is 1. The van der Waals surface area contributed by atoms with E-state index in [0.29, 0.717) is 16.6 Å². The van der Waals surface area contributed by atoms with Crippen LogP contribution in [0.1, 0.15) is 35.3 Å². The first-order chi connectivity index (χ1) is 16.6. The molecule has 0 atom stereocenters. The van der Waals surface area contributed by atoms with Crippen LogP contribution in [-0.2, 0) is 11.2 Å². The van der Waals surface area contributed by atoms with Crippen molar-refractivity contribution in [2.75, 3.05) is 19.5 Å². The molecular weight excluding hydrogens is 444 g/mol. The van der Waals surface area contributed by atoms with E-state index in [2.05, 4.69) is 12.2 Å². The van der Waals surface area contributed by atoms with E-state index in [-0.39, 0.29) is 5.91 Å². The van der Waals surface area contributed by atoms with Gasteiger partial charge in [-0.1, -0.05) is 74.0 Å². The number of methoxy groups -OCH3 is 2. The van der Waals surface area contributed by atoms with Crippen LogP contribution in [0.4, 0.5) is 5.13 Å². The van der Waals surface area contributed by atoms with Gasteiger partial charge >= 0.3 is 0 Å². The van der Waals surface area contributed by atoms with Crippen molar-refractivity contribution in [2.24, 2.45) is 0 Å². The minimum absolute atomic E-state index is 0.107. The predicted molar refractivity (Wildman–Crippen MR) is 138 cm³/mol. The number of nitrogens with zero attached hydrogens (tertiary/aromatic N) is 1. The van der Waals surface area contributed by atoms with Crippen molar-refractivity contribution in [1.29, 1.82) is 0 Å². The first-order valence-corrected chi connectivity index (χ1v) is 12.1. The van der Waals surface area contributed by atoms with Crippen LogP contribution < -0.4 is 14.8 Å². The molecule has 0 aliphatic heterocycles. The highest BCUT2D eigenvalue weighted by Crippen LogP contribution is 2.37. The first-order valence-electron chi connectivity index (χ1n) is 11.3. The number of carbonyl (C=O) groups is 1.